The number of hydrogen-bond acceptors (Lipinski definition) is 3. The molecule has 30 heavy (non-hydrogen) atoms. The second-order valence-electron chi connectivity index (χ2n) is 8.92. The van der Waals surface area contributed by atoms with Crippen LogP contribution in [-0.4, -0.2) is 18.0 Å². The molecule has 0 unspecified atom stereocenters. The van der Waals surface area contributed by atoms with E-state index in [1.807, 2.05) is 38.1 Å². The molecule has 0 aromatic heterocycles. The minimum Gasteiger partial charge on any atom is -0.366 e. The Morgan fingerprint density at radius 2 is 1.93 bits per heavy atom. The van der Waals surface area contributed by atoms with Gasteiger partial charge in [-0.15, -0.1) is 0 Å². The molecule has 1 atom stereocenters. The van der Waals surface area contributed by atoms with Gasteiger partial charge < -0.3 is 10.2 Å². The van der Waals surface area contributed by atoms with Crippen LogP contribution in [0.3, 0.4) is 0 Å². The average molecular weight is 402 g/mol. The lowest BCUT2D eigenvalue weighted by atomic mass is 9.79. The van der Waals surface area contributed by atoms with E-state index in [0.717, 1.165) is 29.7 Å². The fourth-order valence-corrected chi connectivity index (χ4v) is 4.54. The Balaban J connectivity index is 1.96. The lowest BCUT2D eigenvalue weighted by molar-refractivity contribution is -0.112. The van der Waals surface area contributed by atoms with Crippen molar-refractivity contribution < 1.29 is 4.79 Å². The number of anilines is 2. The summed E-state index contributed by atoms with van der Waals surface area (Å²) in [6, 6.07) is 14.0. The van der Waals surface area contributed by atoms with Gasteiger partial charge in [0.1, 0.15) is 11.6 Å². The molecular formula is C26H31N3O. The Morgan fingerprint density at radius 3 is 2.53 bits per heavy atom. The number of nitriles is 1. The standard InChI is InChI=1S/C26H31N3O/c1-7-29-24-12-18(3)20(14-23(24)19(4)15-26(29,5)6)13-21(16-27)25(30)28-22-10-8-17(2)9-11-22/h8-14,19H,7,15H2,1-6H3,(H,28,30)/b21-13-/t19-/m0/s1. The molecule has 4 nitrogen and oxygen atoms in total. The van der Waals surface area contributed by atoms with Gasteiger partial charge in [0.25, 0.3) is 5.91 Å². The molecule has 156 valence electrons. The predicted molar refractivity (Wildman–Crippen MR) is 125 cm³/mol. The Kier molecular flexibility index (Phi) is 6.03. The van der Waals surface area contributed by atoms with Gasteiger partial charge in [0.05, 0.1) is 0 Å². The first-order valence-corrected chi connectivity index (χ1v) is 10.6. The maximum Gasteiger partial charge on any atom is 0.266 e. The summed E-state index contributed by atoms with van der Waals surface area (Å²) in [5.74, 6) is 0.0281. The number of fused-ring (bicyclic) bond motifs is 1. The van der Waals surface area contributed by atoms with E-state index >= 15 is 0 Å². The number of carbonyl (C=O) groups is 1. The van der Waals surface area contributed by atoms with Gasteiger partial charge in [-0.2, -0.15) is 5.26 Å². The Bertz CT molecular complexity index is 1030. The third kappa shape index (κ3) is 4.26. The van der Waals surface area contributed by atoms with Crippen LogP contribution in [0.5, 0.6) is 0 Å². The van der Waals surface area contributed by atoms with Crippen LogP contribution in [0.2, 0.25) is 0 Å². The van der Waals surface area contributed by atoms with E-state index in [-0.39, 0.29) is 17.0 Å². The van der Waals surface area contributed by atoms with Gasteiger partial charge in [-0.05, 0) is 94.0 Å². The molecule has 0 spiro atoms. The third-order valence-corrected chi connectivity index (χ3v) is 6.06. The Hall–Kier alpha value is -3.06. The van der Waals surface area contributed by atoms with E-state index in [9.17, 15) is 10.1 Å². The molecule has 0 bridgehead atoms. The predicted octanol–water partition coefficient (Wildman–Crippen LogP) is 5.96. The number of amides is 1. The zero-order chi connectivity index (χ0) is 22.1. The molecule has 0 fully saturated rings. The number of rotatable bonds is 4. The quantitative estimate of drug-likeness (QED) is 0.508. The van der Waals surface area contributed by atoms with E-state index in [2.05, 4.69) is 56.1 Å². The smallest absolute Gasteiger partial charge is 0.266 e. The summed E-state index contributed by atoms with van der Waals surface area (Å²) in [4.78, 5) is 15.1. The van der Waals surface area contributed by atoms with E-state index in [1.165, 1.54) is 11.3 Å². The molecule has 0 aliphatic carbocycles. The SMILES string of the molecule is CCN1c2cc(C)c(/C=C(/C#N)C(=O)Nc3ccc(C)cc3)cc2[C@@H](C)CC1(C)C. The van der Waals surface area contributed by atoms with Crippen molar-refractivity contribution in [3.05, 3.63) is 64.2 Å². The van der Waals surface area contributed by atoms with Crippen LogP contribution < -0.4 is 10.2 Å². The molecule has 1 aliphatic rings. The molecule has 0 saturated carbocycles. The summed E-state index contributed by atoms with van der Waals surface area (Å²) < 4.78 is 0. The topological polar surface area (TPSA) is 56.1 Å². The fourth-order valence-electron chi connectivity index (χ4n) is 4.54. The van der Waals surface area contributed by atoms with Crippen LogP contribution in [0.25, 0.3) is 6.08 Å². The number of benzene rings is 2. The number of carbonyl (C=O) groups excluding carboxylic acids is 1. The van der Waals surface area contributed by atoms with Crippen molar-refractivity contribution in [2.75, 3.05) is 16.8 Å². The van der Waals surface area contributed by atoms with Gasteiger partial charge >= 0.3 is 0 Å². The molecule has 2 aromatic carbocycles. The molecule has 4 heteroatoms. The first kappa shape index (κ1) is 21.6. The highest BCUT2D eigenvalue weighted by molar-refractivity contribution is 6.09. The summed E-state index contributed by atoms with van der Waals surface area (Å²) in [6.45, 7) is 14.0. The van der Waals surface area contributed by atoms with E-state index in [4.69, 9.17) is 0 Å². The Labute approximate surface area is 180 Å². The maximum absolute atomic E-state index is 12.7. The molecule has 1 amide bonds. The normalized spacial score (nSPS) is 17.8. The molecule has 3 rings (SSSR count). The lowest BCUT2D eigenvalue weighted by Crippen LogP contribution is -2.48. The van der Waals surface area contributed by atoms with E-state index < -0.39 is 0 Å². The van der Waals surface area contributed by atoms with Crippen molar-refractivity contribution in [2.45, 2.75) is 59.4 Å². The van der Waals surface area contributed by atoms with Crippen LogP contribution >= 0.6 is 0 Å². The second-order valence-corrected chi connectivity index (χ2v) is 8.92. The maximum atomic E-state index is 12.7. The van der Waals surface area contributed by atoms with Crippen LogP contribution in [0.1, 0.15) is 62.3 Å². The van der Waals surface area contributed by atoms with Gasteiger partial charge in [0.15, 0.2) is 0 Å². The largest absolute Gasteiger partial charge is 0.366 e. The molecule has 1 N–H and O–H groups in total. The van der Waals surface area contributed by atoms with Crippen molar-refractivity contribution in [3.63, 3.8) is 0 Å². The van der Waals surface area contributed by atoms with Crippen molar-refractivity contribution in [2.24, 2.45) is 0 Å². The first-order valence-electron chi connectivity index (χ1n) is 10.6. The van der Waals surface area contributed by atoms with Crippen LogP contribution in [0.4, 0.5) is 11.4 Å². The molecule has 1 heterocycles. The molecule has 0 radical (unpaired) electrons. The number of nitrogens with zero attached hydrogens (tertiary/aromatic N) is 2. The minimum absolute atomic E-state index is 0.106. The molecular weight excluding hydrogens is 370 g/mol. The van der Waals surface area contributed by atoms with E-state index in [1.54, 1.807) is 6.08 Å². The van der Waals surface area contributed by atoms with Crippen LogP contribution in [-0.2, 0) is 4.79 Å². The van der Waals surface area contributed by atoms with Crippen LogP contribution in [0, 0.1) is 25.2 Å². The summed E-state index contributed by atoms with van der Waals surface area (Å²) in [5.41, 5.74) is 6.55. The van der Waals surface area contributed by atoms with E-state index in [0.29, 0.717) is 11.6 Å². The first-order chi connectivity index (χ1) is 14.2. The number of hydrogen-bond donors (Lipinski definition) is 1. The number of nitrogens with one attached hydrogen (secondary N) is 1. The average Bonchev–Trinajstić information content (AvgIpc) is 2.68. The van der Waals surface area contributed by atoms with Gasteiger partial charge in [-0.1, -0.05) is 24.6 Å². The van der Waals surface area contributed by atoms with Crippen molar-refractivity contribution in [3.8, 4) is 6.07 Å². The number of aryl methyl sites for hydroxylation is 2. The molecule has 0 saturated heterocycles. The van der Waals surface area contributed by atoms with Crippen molar-refractivity contribution >= 4 is 23.4 Å². The molecule has 2 aromatic rings. The minimum atomic E-state index is -0.386. The summed E-state index contributed by atoms with van der Waals surface area (Å²) in [6.07, 6.45) is 2.78. The van der Waals surface area contributed by atoms with Crippen molar-refractivity contribution in [1.82, 2.24) is 0 Å². The third-order valence-electron chi connectivity index (χ3n) is 6.06. The van der Waals surface area contributed by atoms with Crippen LogP contribution in [0.15, 0.2) is 42.0 Å². The summed E-state index contributed by atoms with van der Waals surface area (Å²) >= 11 is 0. The summed E-state index contributed by atoms with van der Waals surface area (Å²) in [7, 11) is 0. The highest BCUT2D eigenvalue weighted by Crippen LogP contribution is 2.44. The monoisotopic (exact) mass is 401 g/mol. The van der Waals surface area contributed by atoms with Gasteiger partial charge in [0, 0.05) is 23.5 Å². The lowest BCUT2D eigenvalue weighted by Gasteiger charge is -2.47. The second kappa shape index (κ2) is 8.36. The zero-order valence-corrected chi connectivity index (χ0v) is 18.8. The highest BCUT2D eigenvalue weighted by atomic mass is 16.1. The fraction of sp³-hybridized carbons (Fsp3) is 0.385. The highest BCUT2D eigenvalue weighted by Gasteiger charge is 2.35. The Morgan fingerprint density at radius 1 is 1.27 bits per heavy atom. The summed E-state index contributed by atoms with van der Waals surface area (Å²) in [5, 5.41) is 12.4. The van der Waals surface area contributed by atoms with Gasteiger partial charge in [0.2, 0.25) is 0 Å². The van der Waals surface area contributed by atoms with Gasteiger partial charge in [-0.3, -0.25) is 4.79 Å². The molecule has 1 aliphatic heterocycles. The van der Waals surface area contributed by atoms with Crippen molar-refractivity contribution in [1.29, 1.82) is 5.26 Å². The van der Waals surface area contributed by atoms with Gasteiger partial charge in [-0.25, -0.2) is 0 Å². The zero-order valence-electron chi connectivity index (χ0n) is 18.8.